The van der Waals surface area contributed by atoms with E-state index in [9.17, 15) is 13.2 Å². The fourth-order valence-electron chi connectivity index (χ4n) is 5.40. The summed E-state index contributed by atoms with van der Waals surface area (Å²) in [5, 5.41) is 3.00. The quantitative estimate of drug-likeness (QED) is 0.354. The highest BCUT2D eigenvalue weighted by Gasteiger charge is 2.51. The van der Waals surface area contributed by atoms with Gasteiger partial charge in [-0.25, -0.2) is 13.4 Å². The second kappa shape index (κ2) is 9.56. The van der Waals surface area contributed by atoms with Gasteiger partial charge in [0.1, 0.15) is 5.82 Å². The Labute approximate surface area is 223 Å². The lowest BCUT2D eigenvalue weighted by molar-refractivity contribution is -0.118. The zero-order chi connectivity index (χ0) is 26.3. The molecule has 4 aromatic rings. The maximum atomic E-state index is 13.4. The van der Waals surface area contributed by atoms with Crippen LogP contribution in [-0.4, -0.2) is 46.2 Å². The van der Waals surface area contributed by atoms with Crippen LogP contribution >= 0.6 is 0 Å². The van der Waals surface area contributed by atoms with E-state index in [1.165, 1.54) is 0 Å². The van der Waals surface area contributed by atoms with E-state index in [1.54, 1.807) is 47.0 Å². The lowest BCUT2D eigenvalue weighted by Crippen LogP contribution is -2.35. The van der Waals surface area contributed by atoms with E-state index in [4.69, 9.17) is 0 Å². The van der Waals surface area contributed by atoms with Gasteiger partial charge in [0.25, 0.3) is 0 Å². The van der Waals surface area contributed by atoms with Gasteiger partial charge in [0.15, 0.2) is 0 Å². The summed E-state index contributed by atoms with van der Waals surface area (Å²) in [6.45, 7) is 2.60. The molecule has 0 radical (unpaired) electrons. The number of amides is 1. The van der Waals surface area contributed by atoms with Crippen molar-refractivity contribution in [2.75, 3.05) is 11.9 Å². The van der Waals surface area contributed by atoms with E-state index in [0.29, 0.717) is 23.0 Å². The minimum Gasteiger partial charge on any atom is -0.310 e. The molecular weight excluding hydrogens is 498 g/mol. The molecule has 38 heavy (non-hydrogen) atoms. The van der Waals surface area contributed by atoms with Gasteiger partial charge in [0.05, 0.1) is 27.0 Å². The van der Waals surface area contributed by atoms with E-state index in [0.717, 1.165) is 54.3 Å². The Morgan fingerprint density at radius 1 is 1.05 bits per heavy atom. The molecule has 2 aromatic heterocycles. The second-order valence-electron chi connectivity index (χ2n) is 10.0. The average Bonchev–Trinajstić information content (AvgIpc) is 3.62. The maximum absolute atomic E-state index is 13.4. The van der Waals surface area contributed by atoms with Crippen molar-refractivity contribution < 1.29 is 14.6 Å². The Morgan fingerprint density at radius 3 is 2.55 bits per heavy atom. The van der Waals surface area contributed by atoms with Crippen LogP contribution in [0.1, 0.15) is 46.0 Å². The topological polar surface area (TPSA) is 105 Å². The molecule has 1 aliphatic carbocycles. The molecule has 196 valence electrons. The van der Waals surface area contributed by atoms with Gasteiger partial charge in [0, 0.05) is 32.0 Å². The van der Waals surface area contributed by atoms with Gasteiger partial charge < -0.3 is 5.32 Å². The second-order valence-corrected chi connectivity index (χ2v) is 11.9. The van der Waals surface area contributed by atoms with Gasteiger partial charge in [-0.05, 0) is 74.1 Å². The third-order valence-corrected chi connectivity index (χ3v) is 9.71. The first kappa shape index (κ1) is 24.6. The summed E-state index contributed by atoms with van der Waals surface area (Å²) in [5.74, 6) is 0.363. The molecule has 1 atom stereocenters. The minimum absolute atomic E-state index is 0. The molecule has 0 bridgehead atoms. The summed E-state index contributed by atoms with van der Waals surface area (Å²) in [5.41, 5.74) is 3.34. The van der Waals surface area contributed by atoms with Gasteiger partial charge in [-0.3, -0.25) is 14.8 Å². The summed E-state index contributed by atoms with van der Waals surface area (Å²) in [6.07, 6.45) is 7.45. The predicted octanol–water partition coefficient (Wildman–Crippen LogP) is 5.17. The highest BCUT2D eigenvalue weighted by Crippen LogP contribution is 2.49. The third kappa shape index (κ3) is 4.35. The number of nitrogens with one attached hydrogen (secondary N) is 1. The molecule has 6 rings (SSSR count). The number of carbonyl (C=O) groups excluding carboxylic acids is 1. The van der Waals surface area contributed by atoms with Gasteiger partial charge in [0.2, 0.25) is 15.9 Å². The molecule has 0 unspecified atom stereocenters. The van der Waals surface area contributed by atoms with E-state index >= 15 is 0 Å². The molecule has 8 nitrogen and oxygen atoms in total. The first-order valence-electron chi connectivity index (χ1n) is 13.0. The molecule has 1 amide bonds. The number of anilines is 1. The summed E-state index contributed by atoms with van der Waals surface area (Å²) < 4.78 is 28.0. The lowest BCUT2D eigenvalue weighted by Gasteiger charge is -2.23. The molecule has 1 saturated heterocycles. The average molecular weight is 530 g/mol. The fraction of sp³-hybridized carbons (Fsp3) is 0.310. The molecular formula is C29H31N5O3S. The molecule has 3 heterocycles. The summed E-state index contributed by atoms with van der Waals surface area (Å²) >= 11 is 0. The number of fused-ring (bicyclic) bond motifs is 1. The van der Waals surface area contributed by atoms with Crippen molar-refractivity contribution in [1.82, 2.24) is 19.3 Å². The van der Waals surface area contributed by atoms with Gasteiger partial charge in [-0.15, -0.1) is 0 Å². The van der Waals surface area contributed by atoms with Crippen LogP contribution in [0.4, 0.5) is 5.82 Å². The SMILES string of the molecule is CC[C@H]1CCCN1S(=O)(=O)c1ccc(-c2cccc(NC(=O)C3(c4ccc5nccnc5c4)CC3)n2)cc1.[HH]. The standard InChI is InChI=1S/C29H29N5O3S.H2/c1-2-22-5-4-18-34(22)38(36,37)23-11-8-20(9-12-23)24-6-3-7-27(32-24)33-28(35)29(14-15-29)21-10-13-25-26(19-21)31-17-16-30-25;/h3,6-13,16-17,19,22H,2,4-5,14-15,18H2,1H3,(H,32,33,35);1H/t22-;/m0./s1. The number of hydrogen-bond acceptors (Lipinski definition) is 6. The maximum Gasteiger partial charge on any atom is 0.243 e. The summed E-state index contributed by atoms with van der Waals surface area (Å²) in [4.78, 5) is 27.0. The first-order valence-corrected chi connectivity index (χ1v) is 14.5. The number of rotatable bonds is 7. The summed E-state index contributed by atoms with van der Waals surface area (Å²) in [7, 11) is -3.53. The monoisotopic (exact) mass is 529 g/mol. The number of sulfonamides is 1. The van der Waals surface area contributed by atoms with Crippen molar-refractivity contribution in [3.63, 3.8) is 0 Å². The smallest absolute Gasteiger partial charge is 0.243 e. The van der Waals surface area contributed by atoms with Crippen LogP contribution in [0.5, 0.6) is 0 Å². The Hall–Kier alpha value is -3.69. The minimum atomic E-state index is -3.53. The van der Waals surface area contributed by atoms with E-state index in [1.807, 2.05) is 37.3 Å². The predicted molar refractivity (Wildman–Crippen MR) is 148 cm³/mol. The Bertz CT molecular complexity index is 1620. The Kier molecular flexibility index (Phi) is 6.20. The highest BCUT2D eigenvalue weighted by molar-refractivity contribution is 7.89. The van der Waals surface area contributed by atoms with Crippen LogP contribution in [0.15, 0.2) is 78.0 Å². The zero-order valence-electron chi connectivity index (χ0n) is 21.2. The zero-order valence-corrected chi connectivity index (χ0v) is 22.0. The van der Waals surface area contributed by atoms with E-state index < -0.39 is 15.4 Å². The molecule has 1 N–H and O–H groups in total. The van der Waals surface area contributed by atoms with Crippen molar-refractivity contribution in [1.29, 1.82) is 0 Å². The van der Waals surface area contributed by atoms with Crippen molar-refractivity contribution in [3.8, 4) is 11.3 Å². The number of hydrogen-bond donors (Lipinski definition) is 1. The molecule has 1 aliphatic heterocycles. The van der Waals surface area contributed by atoms with Crippen LogP contribution in [0.25, 0.3) is 22.3 Å². The van der Waals surface area contributed by atoms with Crippen molar-refractivity contribution >= 4 is 32.8 Å². The van der Waals surface area contributed by atoms with Crippen molar-refractivity contribution in [2.45, 2.75) is 55.4 Å². The number of aromatic nitrogens is 3. The molecule has 2 aliphatic rings. The van der Waals surface area contributed by atoms with Crippen LogP contribution < -0.4 is 5.32 Å². The van der Waals surface area contributed by atoms with Crippen LogP contribution in [0.2, 0.25) is 0 Å². The van der Waals surface area contributed by atoms with Crippen LogP contribution in [0.3, 0.4) is 0 Å². The van der Waals surface area contributed by atoms with Gasteiger partial charge >= 0.3 is 0 Å². The Balaban J connectivity index is 0.00000308. The molecule has 9 heteroatoms. The van der Waals surface area contributed by atoms with E-state index in [-0.39, 0.29) is 13.4 Å². The van der Waals surface area contributed by atoms with Crippen LogP contribution in [-0.2, 0) is 20.2 Å². The fourth-order valence-corrected chi connectivity index (χ4v) is 7.17. The first-order chi connectivity index (χ1) is 18.4. The van der Waals surface area contributed by atoms with Crippen molar-refractivity contribution in [3.05, 3.63) is 78.6 Å². The lowest BCUT2D eigenvalue weighted by atomic mass is 9.94. The highest BCUT2D eigenvalue weighted by atomic mass is 32.2. The van der Waals surface area contributed by atoms with E-state index in [2.05, 4.69) is 20.3 Å². The normalized spacial score (nSPS) is 18.9. The molecule has 0 spiro atoms. The number of nitrogens with zero attached hydrogens (tertiary/aromatic N) is 4. The molecule has 1 saturated carbocycles. The number of pyridine rings is 1. The van der Waals surface area contributed by atoms with Crippen LogP contribution in [0, 0.1) is 0 Å². The Morgan fingerprint density at radius 2 is 1.82 bits per heavy atom. The van der Waals surface area contributed by atoms with Gasteiger partial charge in [-0.1, -0.05) is 31.2 Å². The van der Waals surface area contributed by atoms with Gasteiger partial charge in [-0.2, -0.15) is 4.31 Å². The molecule has 2 aromatic carbocycles. The number of benzene rings is 2. The third-order valence-electron chi connectivity index (χ3n) is 7.75. The number of carbonyl (C=O) groups is 1. The van der Waals surface area contributed by atoms with Crippen molar-refractivity contribution in [2.24, 2.45) is 0 Å². The molecule has 2 fully saturated rings. The largest absolute Gasteiger partial charge is 0.310 e. The summed E-state index contributed by atoms with van der Waals surface area (Å²) in [6, 6.07) is 18.2.